The molecule has 0 unspecified atom stereocenters. The number of hydrogen-bond acceptors (Lipinski definition) is 6. The number of hydrogen-bond donors (Lipinski definition) is 1. The van der Waals surface area contributed by atoms with Crippen LogP contribution in [0.1, 0.15) is 18.1 Å². The third-order valence-corrected chi connectivity index (χ3v) is 3.36. The van der Waals surface area contributed by atoms with Crippen LogP contribution >= 0.6 is 11.6 Å². The highest BCUT2D eigenvalue weighted by Gasteiger charge is 2.09. The molecule has 0 saturated carbocycles. The van der Waals surface area contributed by atoms with Gasteiger partial charge in [0.05, 0.1) is 6.61 Å². The van der Waals surface area contributed by atoms with Gasteiger partial charge in [-0.3, -0.25) is 0 Å². The fourth-order valence-electron chi connectivity index (χ4n) is 1.88. The van der Waals surface area contributed by atoms with Gasteiger partial charge < -0.3 is 14.8 Å². The first-order valence-electron chi connectivity index (χ1n) is 7.16. The molecule has 1 heterocycles. The summed E-state index contributed by atoms with van der Waals surface area (Å²) in [6.07, 6.45) is 0. The van der Waals surface area contributed by atoms with Gasteiger partial charge in [-0.1, -0.05) is 23.7 Å². The van der Waals surface area contributed by atoms with Crippen LogP contribution in [-0.4, -0.2) is 29.2 Å². The van der Waals surface area contributed by atoms with Gasteiger partial charge in [0, 0.05) is 11.8 Å². The number of nitrogens with one attached hydrogen (secondary N) is 1. The van der Waals surface area contributed by atoms with Gasteiger partial charge in [0.15, 0.2) is 6.61 Å². The third-order valence-electron chi connectivity index (χ3n) is 3.17. The van der Waals surface area contributed by atoms with Crippen molar-refractivity contribution in [2.45, 2.75) is 20.8 Å². The van der Waals surface area contributed by atoms with Crippen molar-refractivity contribution < 1.29 is 14.3 Å². The summed E-state index contributed by atoms with van der Waals surface area (Å²) in [6.45, 7) is 5.79. The smallest absolute Gasteiger partial charge is 0.344 e. The number of benzene rings is 1. The van der Waals surface area contributed by atoms with E-state index in [-0.39, 0.29) is 24.4 Å². The molecule has 0 bridgehead atoms. The topological polar surface area (TPSA) is 73.3 Å². The van der Waals surface area contributed by atoms with Crippen LogP contribution in [0.5, 0.6) is 6.01 Å². The minimum Gasteiger partial charge on any atom is -0.463 e. The summed E-state index contributed by atoms with van der Waals surface area (Å²) in [5.41, 5.74) is 3.18. The number of esters is 1. The van der Waals surface area contributed by atoms with Crippen molar-refractivity contribution in [2.75, 3.05) is 18.5 Å². The number of nitrogens with zero attached hydrogens (tertiary/aromatic N) is 2. The predicted octanol–water partition coefficient (Wildman–Crippen LogP) is 3.43. The highest BCUT2D eigenvalue weighted by atomic mass is 35.5. The van der Waals surface area contributed by atoms with Crippen LogP contribution in [0.2, 0.25) is 5.15 Å². The van der Waals surface area contributed by atoms with Crippen LogP contribution in [-0.2, 0) is 9.53 Å². The van der Waals surface area contributed by atoms with Gasteiger partial charge in [0.2, 0.25) is 0 Å². The number of halogens is 1. The molecule has 0 aliphatic carbocycles. The van der Waals surface area contributed by atoms with E-state index in [1.54, 1.807) is 13.0 Å². The van der Waals surface area contributed by atoms with Gasteiger partial charge in [0.1, 0.15) is 11.0 Å². The molecule has 0 aliphatic heterocycles. The Hall–Kier alpha value is -2.34. The van der Waals surface area contributed by atoms with Crippen LogP contribution in [0.25, 0.3) is 0 Å². The monoisotopic (exact) mass is 335 g/mol. The molecule has 0 amide bonds. The van der Waals surface area contributed by atoms with E-state index in [2.05, 4.69) is 15.3 Å². The molecule has 0 fully saturated rings. The Morgan fingerprint density at radius 1 is 1.30 bits per heavy atom. The number of carbonyl (C=O) groups excluding carboxylic acids is 1. The van der Waals surface area contributed by atoms with Gasteiger partial charge in [-0.15, -0.1) is 0 Å². The third kappa shape index (κ3) is 4.82. The van der Waals surface area contributed by atoms with Crippen LogP contribution in [0.3, 0.4) is 0 Å². The maximum atomic E-state index is 11.3. The quantitative estimate of drug-likeness (QED) is 0.644. The maximum absolute atomic E-state index is 11.3. The van der Waals surface area contributed by atoms with Crippen molar-refractivity contribution in [3.8, 4) is 6.01 Å². The van der Waals surface area contributed by atoms with E-state index in [4.69, 9.17) is 21.1 Å². The van der Waals surface area contributed by atoms with E-state index in [1.165, 1.54) is 0 Å². The van der Waals surface area contributed by atoms with Crippen molar-refractivity contribution in [2.24, 2.45) is 0 Å². The standard InChI is InChI=1S/C16H18ClN3O3/c1-4-22-15(21)9-23-16-19-13(17)8-14(20-16)18-12-7-5-6-10(2)11(12)3/h5-8H,4,9H2,1-3H3,(H,18,19,20). The average Bonchev–Trinajstić information content (AvgIpc) is 2.50. The molecule has 122 valence electrons. The lowest BCUT2D eigenvalue weighted by Crippen LogP contribution is -2.16. The summed E-state index contributed by atoms with van der Waals surface area (Å²) < 4.78 is 9.99. The Bertz CT molecular complexity index is 707. The zero-order valence-electron chi connectivity index (χ0n) is 13.2. The molecule has 0 atom stereocenters. The Morgan fingerprint density at radius 3 is 2.83 bits per heavy atom. The number of ether oxygens (including phenoxy) is 2. The molecular weight excluding hydrogens is 318 g/mol. The van der Waals surface area contributed by atoms with Crippen molar-refractivity contribution in [3.63, 3.8) is 0 Å². The number of carbonyl (C=O) groups is 1. The predicted molar refractivity (Wildman–Crippen MR) is 88.4 cm³/mol. The first-order chi connectivity index (χ1) is 11.0. The van der Waals surface area contributed by atoms with Gasteiger partial charge in [0.25, 0.3) is 0 Å². The number of aromatic nitrogens is 2. The normalized spacial score (nSPS) is 10.3. The zero-order valence-corrected chi connectivity index (χ0v) is 14.0. The Labute approximate surface area is 139 Å². The van der Waals surface area contributed by atoms with Gasteiger partial charge in [-0.2, -0.15) is 9.97 Å². The van der Waals surface area contributed by atoms with E-state index in [1.807, 2.05) is 32.0 Å². The molecule has 2 aromatic rings. The summed E-state index contributed by atoms with van der Waals surface area (Å²) in [5.74, 6) is -0.00216. The SMILES string of the molecule is CCOC(=O)COc1nc(Cl)cc(Nc2cccc(C)c2C)n1. The molecule has 7 heteroatoms. The zero-order chi connectivity index (χ0) is 16.8. The highest BCUT2D eigenvalue weighted by molar-refractivity contribution is 6.29. The second-order valence-electron chi connectivity index (χ2n) is 4.82. The molecular formula is C16H18ClN3O3. The van der Waals surface area contributed by atoms with E-state index in [0.717, 1.165) is 16.8 Å². The van der Waals surface area contributed by atoms with Crippen LogP contribution in [0, 0.1) is 13.8 Å². The summed E-state index contributed by atoms with van der Waals surface area (Å²) in [7, 11) is 0. The molecule has 6 nitrogen and oxygen atoms in total. The minimum absolute atomic E-state index is 0.0124. The molecule has 1 aromatic heterocycles. The molecule has 1 N–H and O–H groups in total. The number of rotatable bonds is 6. The minimum atomic E-state index is -0.486. The first-order valence-corrected chi connectivity index (χ1v) is 7.53. The van der Waals surface area contributed by atoms with E-state index in [0.29, 0.717) is 5.82 Å². The fraction of sp³-hybridized carbons (Fsp3) is 0.312. The van der Waals surface area contributed by atoms with Crippen LogP contribution < -0.4 is 10.1 Å². The second-order valence-corrected chi connectivity index (χ2v) is 5.21. The molecule has 0 spiro atoms. The second kappa shape index (κ2) is 7.78. The van der Waals surface area contributed by atoms with Gasteiger partial charge in [-0.05, 0) is 38.0 Å². The molecule has 2 rings (SSSR count). The average molecular weight is 336 g/mol. The van der Waals surface area contributed by atoms with Crippen molar-refractivity contribution >= 4 is 29.1 Å². The lowest BCUT2D eigenvalue weighted by atomic mass is 10.1. The largest absolute Gasteiger partial charge is 0.463 e. The summed E-state index contributed by atoms with van der Waals surface area (Å²) in [4.78, 5) is 19.4. The van der Waals surface area contributed by atoms with Crippen molar-refractivity contribution in [1.29, 1.82) is 0 Å². The molecule has 0 saturated heterocycles. The summed E-state index contributed by atoms with van der Waals surface area (Å²) in [5, 5.41) is 3.39. The van der Waals surface area contributed by atoms with Crippen molar-refractivity contribution in [3.05, 3.63) is 40.5 Å². The summed E-state index contributed by atoms with van der Waals surface area (Å²) in [6, 6.07) is 7.52. The molecule has 1 aromatic carbocycles. The lowest BCUT2D eigenvalue weighted by molar-refractivity contribution is -0.145. The first kappa shape index (κ1) is 17.0. The van der Waals surface area contributed by atoms with E-state index >= 15 is 0 Å². The van der Waals surface area contributed by atoms with Crippen LogP contribution in [0.15, 0.2) is 24.3 Å². The number of aryl methyl sites for hydroxylation is 1. The molecule has 23 heavy (non-hydrogen) atoms. The maximum Gasteiger partial charge on any atom is 0.344 e. The van der Waals surface area contributed by atoms with E-state index in [9.17, 15) is 4.79 Å². The highest BCUT2D eigenvalue weighted by Crippen LogP contribution is 2.24. The summed E-state index contributed by atoms with van der Waals surface area (Å²) >= 11 is 5.98. The lowest BCUT2D eigenvalue weighted by Gasteiger charge is -2.12. The van der Waals surface area contributed by atoms with Gasteiger partial charge in [-0.25, -0.2) is 4.79 Å². The van der Waals surface area contributed by atoms with E-state index < -0.39 is 5.97 Å². The fourth-order valence-corrected chi connectivity index (χ4v) is 2.05. The number of anilines is 2. The molecule has 0 radical (unpaired) electrons. The van der Waals surface area contributed by atoms with Crippen molar-refractivity contribution in [1.82, 2.24) is 9.97 Å². The molecule has 0 aliphatic rings. The Morgan fingerprint density at radius 2 is 2.09 bits per heavy atom. The van der Waals surface area contributed by atoms with Gasteiger partial charge >= 0.3 is 12.0 Å². The Balaban J connectivity index is 2.14. The Kier molecular flexibility index (Phi) is 5.76. The van der Waals surface area contributed by atoms with Crippen LogP contribution in [0.4, 0.5) is 11.5 Å².